The molecule has 170 valence electrons. The molecule has 1 amide bonds. The van der Waals surface area contributed by atoms with Crippen molar-refractivity contribution < 1.29 is 23.1 Å². The number of aryl methyl sites for hydroxylation is 1. The SMILES string of the molecule is CON(C)C(=O)C1=NC=C(C)C(n2c(C)cc(OCc3ncc(F)cc3F)c(Cl)c2=O)C1. The Bertz CT molecular complexity index is 1180. The summed E-state index contributed by atoms with van der Waals surface area (Å²) < 4.78 is 33.8. The van der Waals surface area contributed by atoms with Crippen molar-refractivity contribution in [2.24, 2.45) is 4.99 Å². The molecule has 32 heavy (non-hydrogen) atoms. The summed E-state index contributed by atoms with van der Waals surface area (Å²) in [5.41, 5.74) is 0.825. The Labute approximate surface area is 187 Å². The molecule has 1 aliphatic heterocycles. The van der Waals surface area contributed by atoms with Crippen LogP contribution in [-0.4, -0.2) is 40.4 Å². The number of hydroxylamine groups is 2. The van der Waals surface area contributed by atoms with Crippen LogP contribution in [0.2, 0.25) is 5.02 Å². The molecule has 0 aromatic carbocycles. The fraction of sp³-hybridized carbons (Fsp3) is 0.333. The van der Waals surface area contributed by atoms with Crippen molar-refractivity contribution in [1.82, 2.24) is 14.6 Å². The molecule has 3 rings (SSSR count). The van der Waals surface area contributed by atoms with E-state index in [2.05, 4.69) is 9.98 Å². The van der Waals surface area contributed by atoms with E-state index in [0.717, 1.165) is 16.8 Å². The molecule has 0 spiro atoms. The molecular formula is C21H21ClF2N4O4. The molecule has 0 aliphatic carbocycles. The first-order valence-electron chi connectivity index (χ1n) is 9.53. The average Bonchev–Trinajstić information content (AvgIpc) is 2.76. The number of allylic oxidation sites excluding steroid dienone is 1. The third kappa shape index (κ3) is 4.71. The molecule has 0 saturated carbocycles. The molecule has 0 radical (unpaired) electrons. The second-order valence-corrected chi connectivity index (χ2v) is 7.54. The van der Waals surface area contributed by atoms with Crippen LogP contribution in [0.5, 0.6) is 5.75 Å². The maximum absolute atomic E-state index is 13.8. The second kappa shape index (κ2) is 9.58. The Balaban J connectivity index is 1.88. The predicted molar refractivity (Wildman–Crippen MR) is 114 cm³/mol. The fourth-order valence-electron chi connectivity index (χ4n) is 3.25. The number of pyridine rings is 2. The van der Waals surface area contributed by atoms with E-state index in [1.54, 1.807) is 13.8 Å². The van der Waals surface area contributed by atoms with Crippen molar-refractivity contribution in [2.45, 2.75) is 32.9 Å². The van der Waals surface area contributed by atoms with Gasteiger partial charge < -0.3 is 9.30 Å². The van der Waals surface area contributed by atoms with E-state index in [4.69, 9.17) is 21.2 Å². The summed E-state index contributed by atoms with van der Waals surface area (Å²) in [5.74, 6) is -2.06. The zero-order chi connectivity index (χ0) is 23.6. The average molecular weight is 467 g/mol. The Kier molecular flexibility index (Phi) is 7.05. The number of hydrogen-bond acceptors (Lipinski definition) is 6. The molecule has 1 aliphatic rings. The molecule has 11 heteroatoms. The third-order valence-corrected chi connectivity index (χ3v) is 5.39. The van der Waals surface area contributed by atoms with Crippen LogP contribution >= 0.6 is 11.6 Å². The first-order valence-corrected chi connectivity index (χ1v) is 9.91. The highest BCUT2D eigenvalue weighted by Gasteiger charge is 2.28. The number of aromatic nitrogens is 2. The maximum atomic E-state index is 13.8. The summed E-state index contributed by atoms with van der Waals surface area (Å²) in [7, 11) is 2.82. The Morgan fingerprint density at radius 1 is 1.34 bits per heavy atom. The topological polar surface area (TPSA) is 86.0 Å². The fourth-order valence-corrected chi connectivity index (χ4v) is 3.45. The van der Waals surface area contributed by atoms with Crippen molar-refractivity contribution in [3.8, 4) is 5.75 Å². The summed E-state index contributed by atoms with van der Waals surface area (Å²) in [6, 6.07) is 1.73. The number of aliphatic imine (C=N–C) groups is 1. The molecular weight excluding hydrogens is 446 g/mol. The summed E-state index contributed by atoms with van der Waals surface area (Å²) in [5, 5.41) is 0.835. The minimum Gasteiger partial charge on any atom is -0.485 e. The normalized spacial score (nSPS) is 15.8. The number of ether oxygens (including phenoxy) is 1. The van der Waals surface area contributed by atoms with Crippen LogP contribution in [0, 0.1) is 18.6 Å². The van der Waals surface area contributed by atoms with Crippen molar-refractivity contribution in [3.05, 3.63) is 68.5 Å². The number of carbonyl (C=O) groups is 1. The van der Waals surface area contributed by atoms with Gasteiger partial charge in [-0.2, -0.15) is 0 Å². The van der Waals surface area contributed by atoms with Crippen LogP contribution in [-0.2, 0) is 16.2 Å². The zero-order valence-electron chi connectivity index (χ0n) is 17.9. The molecule has 0 fully saturated rings. The minimum atomic E-state index is -0.869. The van der Waals surface area contributed by atoms with Crippen LogP contribution in [0.1, 0.15) is 30.8 Å². The molecule has 0 bridgehead atoms. The van der Waals surface area contributed by atoms with Gasteiger partial charge in [-0.25, -0.2) is 13.8 Å². The van der Waals surface area contributed by atoms with E-state index in [1.807, 2.05) is 0 Å². The molecule has 3 heterocycles. The summed E-state index contributed by atoms with van der Waals surface area (Å²) in [6.45, 7) is 3.14. The van der Waals surface area contributed by atoms with Crippen LogP contribution in [0.25, 0.3) is 0 Å². The van der Waals surface area contributed by atoms with Gasteiger partial charge >= 0.3 is 0 Å². The number of rotatable bonds is 6. The minimum absolute atomic E-state index is 0.0393. The van der Waals surface area contributed by atoms with E-state index < -0.39 is 29.1 Å². The van der Waals surface area contributed by atoms with Gasteiger partial charge in [-0.1, -0.05) is 11.6 Å². The lowest BCUT2D eigenvalue weighted by Gasteiger charge is -2.27. The van der Waals surface area contributed by atoms with E-state index in [9.17, 15) is 18.4 Å². The van der Waals surface area contributed by atoms with Crippen molar-refractivity contribution in [3.63, 3.8) is 0 Å². The van der Waals surface area contributed by atoms with Crippen LogP contribution in [0.15, 0.2) is 39.9 Å². The first-order chi connectivity index (χ1) is 15.1. The van der Waals surface area contributed by atoms with Crippen LogP contribution < -0.4 is 10.3 Å². The highest BCUT2D eigenvalue weighted by molar-refractivity contribution is 6.39. The lowest BCUT2D eigenvalue weighted by molar-refractivity contribution is -0.160. The monoisotopic (exact) mass is 466 g/mol. The van der Waals surface area contributed by atoms with Gasteiger partial charge in [0.15, 0.2) is 5.82 Å². The molecule has 2 aromatic rings. The van der Waals surface area contributed by atoms with Gasteiger partial charge in [0.2, 0.25) is 0 Å². The number of amides is 1. The highest BCUT2D eigenvalue weighted by atomic mass is 35.5. The van der Waals surface area contributed by atoms with Crippen LogP contribution in [0.4, 0.5) is 8.78 Å². The van der Waals surface area contributed by atoms with Gasteiger partial charge in [0.05, 0.1) is 19.3 Å². The van der Waals surface area contributed by atoms with Crippen molar-refractivity contribution in [1.29, 1.82) is 0 Å². The predicted octanol–water partition coefficient (Wildman–Crippen LogP) is 3.37. The number of halogens is 3. The van der Waals surface area contributed by atoms with Crippen molar-refractivity contribution in [2.75, 3.05) is 14.2 Å². The quantitative estimate of drug-likeness (QED) is 0.609. The standard InChI is InChI=1S/C21H21ClF2N4O4/c1-11-8-25-15(20(29)27(3)31-4)7-17(11)28-12(2)5-18(19(22)21(28)30)32-10-16-14(24)6-13(23)9-26-16/h5-6,8-9,17H,7,10H2,1-4H3. The van der Waals surface area contributed by atoms with E-state index >= 15 is 0 Å². The van der Waals surface area contributed by atoms with Gasteiger partial charge in [0, 0.05) is 37.5 Å². The molecule has 8 nitrogen and oxygen atoms in total. The van der Waals surface area contributed by atoms with Gasteiger partial charge in [-0.15, -0.1) is 0 Å². The number of carbonyl (C=O) groups excluding carboxylic acids is 1. The van der Waals surface area contributed by atoms with Gasteiger partial charge in [0.25, 0.3) is 11.5 Å². The van der Waals surface area contributed by atoms with E-state index in [0.29, 0.717) is 11.8 Å². The summed E-state index contributed by atoms with van der Waals surface area (Å²) in [6.07, 6.45) is 2.56. The molecule has 0 saturated heterocycles. The van der Waals surface area contributed by atoms with Gasteiger partial charge in [0.1, 0.15) is 34.6 Å². The van der Waals surface area contributed by atoms with Gasteiger partial charge in [-0.05, 0) is 19.4 Å². The molecule has 0 N–H and O–H groups in total. The first kappa shape index (κ1) is 23.6. The maximum Gasteiger partial charge on any atom is 0.291 e. The van der Waals surface area contributed by atoms with E-state index in [-0.39, 0.29) is 35.2 Å². The lowest BCUT2D eigenvalue weighted by Crippen LogP contribution is -2.37. The van der Waals surface area contributed by atoms with Gasteiger partial charge in [-0.3, -0.25) is 24.4 Å². The third-order valence-electron chi connectivity index (χ3n) is 5.05. The Morgan fingerprint density at radius 3 is 2.72 bits per heavy atom. The number of hydrogen-bond donors (Lipinski definition) is 0. The smallest absolute Gasteiger partial charge is 0.291 e. The largest absolute Gasteiger partial charge is 0.485 e. The Morgan fingerprint density at radius 2 is 2.06 bits per heavy atom. The van der Waals surface area contributed by atoms with Crippen molar-refractivity contribution >= 4 is 23.2 Å². The summed E-state index contributed by atoms with van der Waals surface area (Å²) in [4.78, 5) is 38.2. The highest BCUT2D eigenvalue weighted by Crippen LogP contribution is 2.30. The molecule has 1 unspecified atom stereocenters. The zero-order valence-corrected chi connectivity index (χ0v) is 18.6. The van der Waals surface area contributed by atoms with E-state index in [1.165, 1.54) is 31.0 Å². The second-order valence-electron chi connectivity index (χ2n) is 7.16. The van der Waals surface area contributed by atoms with Crippen LogP contribution in [0.3, 0.4) is 0 Å². The molecule has 1 atom stereocenters. The number of nitrogens with zero attached hydrogens (tertiary/aromatic N) is 4. The summed E-state index contributed by atoms with van der Waals surface area (Å²) >= 11 is 6.26. The lowest BCUT2D eigenvalue weighted by atomic mass is 9.99. The Hall–Kier alpha value is -3.11. The molecule has 2 aromatic heterocycles.